The standard InChI is InChI=1S/C10H15/c1-2-4-6-8-10-9-7-5-3-1/h1-3,8,10H,4-7,9H2. The van der Waals surface area contributed by atoms with E-state index in [1.54, 1.807) is 0 Å². The molecule has 0 fully saturated rings. The van der Waals surface area contributed by atoms with Crippen molar-refractivity contribution in [2.75, 3.05) is 0 Å². The van der Waals surface area contributed by atoms with Crippen LogP contribution in [0, 0.1) is 6.42 Å². The van der Waals surface area contributed by atoms with Gasteiger partial charge >= 0.3 is 0 Å². The second kappa shape index (κ2) is 5.28. The maximum Gasteiger partial charge on any atom is -0.0170 e. The van der Waals surface area contributed by atoms with E-state index in [2.05, 4.69) is 30.7 Å². The van der Waals surface area contributed by atoms with Crippen molar-refractivity contribution < 1.29 is 0 Å². The van der Waals surface area contributed by atoms with Gasteiger partial charge in [-0.3, -0.25) is 0 Å². The SMILES string of the molecule is [CH]1C=CCCC=CCCC1. The van der Waals surface area contributed by atoms with Crippen LogP contribution in [0.1, 0.15) is 32.1 Å². The summed E-state index contributed by atoms with van der Waals surface area (Å²) in [4.78, 5) is 0. The van der Waals surface area contributed by atoms with Crippen LogP contribution >= 0.6 is 0 Å². The van der Waals surface area contributed by atoms with E-state index in [0.29, 0.717) is 0 Å². The van der Waals surface area contributed by atoms with Crippen LogP contribution in [0.15, 0.2) is 24.3 Å². The average Bonchev–Trinajstić information content (AvgIpc) is 2.01. The molecular weight excluding hydrogens is 120 g/mol. The summed E-state index contributed by atoms with van der Waals surface area (Å²) < 4.78 is 0. The predicted octanol–water partition coefficient (Wildman–Crippen LogP) is 3.27. The molecule has 1 aliphatic carbocycles. The van der Waals surface area contributed by atoms with Crippen molar-refractivity contribution in [3.63, 3.8) is 0 Å². The Balaban J connectivity index is 2.23. The zero-order valence-corrected chi connectivity index (χ0v) is 6.42. The van der Waals surface area contributed by atoms with Gasteiger partial charge in [-0.1, -0.05) is 24.3 Å². The average molecular weight is 135 g/mol. The first-order valence-electron chi connectivity index (χ1n) is 4.13. The van der Waals surface area contributed by atoms with Gasteiger partial charge in [0.15, 0.2) is 0 Å². The van der Waals surface area contributed by atoms with Gasteiger partial charge in [0.1, 0.15) is 0 Å². The van der Waals surface area contributed by atoms with Crippen molar-refractivity contribution in [2.45, 2.75) is 32.1 Å². The van der Waals surface area contributed by atoms with Crippen LogP contribution < -0.4 is 0 Å². The first kappa shape index (κ1) is 7.59. The maximum atomic E-state index is 2.30. The summed E-state index contributed by atoms with van der Waals surface area (Å²) >= 11 is 0. The molecular formula is C10H15. The molecule has 0 aliphatic heterocycles. The summed E-state index contributed by atoms with van der Waals surface area (Å²) in [6, 6.07) is 0. The van der Waals surface area contributed by atoms with Crippen LogP contribution in [0.3, 0.4) is 0 Å². The lowest BCUT2D eigenvalue weighted by atomic mass is 10.1. The number of hydrogen-bond acceptors (Lipinski definition) is 0. The van der Waals surface area contributed by atoms with Gasteiger partial charge in [0.05, 0.1) is 0 Å². The lowest BCUT2D eigenvalue weighted by Gasteiger charge is -1.95. The molecule has 0 amide bonds. The minimum atomic E-state index is 1.20. The summed E-state index contributed by atoms with van der Waals surface area (Å²) in [5, 5.41) is 0. The van der Waals surface area contributed by atoms with Gasteiger partial charge < -0.3 is 0 Å². The second-order valence-corrected chi connectivity index (χ2v) is 2.64. The maximum absolute atomic E-state index is 2.30. The molecule has 0 aromatic carbocycles. The number of allylic oxidation sites excluding steroid dienone is 4. The minimum absolute atomic E-state index is 1.20. The molecule has 0 aromatic heterocycles. The van der Waals surface area contributed by atoms with Crippen LogP contribution in [0.5, 0.6) is 0 Å². The van der Waals surface area contributed by atoms with Gasteiger partial charge in [-0.2, -0.15) is 0 Å². The van der Waals surface area contributed by atoms with Crippen molar-refractivity contribution in [1.29, 1.82) is 0 Å². The molecule has 0 saturated carbocycles. The molecule has 0 heterocycles. The molecule has 55 valence electrons. The van der Waals surface area contributed by atoms with Gasteiger partial charge in [0, 0.05) is 0 Å². The molecule has 0 nitrogen and oxygen atoms in total. The van der Waals surface area contributed by atoms with E-state index >= 15 is 0 Å². The van der Waals surface area contributed by atoms with Crippen LogP contribution in [0.4, 0.5) is 0 Å². The summed E-state index contributed by atoms with van der Waals surface area (Å²) in [7, 11) is 0. The highest BCUT2D eigenvalue weighted by Crippen LogP contribution is 2.05. The van der Waals surface area contributed by atoms with E-state index in [9.17, 15) is 0 Å². The molecule has 1 radical (unpaired) electrons. The molecule has 0 saturated heterocycles. The third-order valence-corrected chi connectivity index (χ3v) is 1.68. The lowest BCUT2D eigenvalue weighted by molar-refractivity contribution is 0.833. The van der Waals surface area contributed by atoms with Gasteiger partial charge in [-0.25, -0.2) is 0 Å². The zero-order chi connectivity index (χ0) is 7.07. The van der Waals surface area contributed by atoms with E-state index in [1.807, 2.05) is 0 Å². The topological polar surface area (TPSA) is 0 Å². The van der Waals surface area contributed by atoms with Crippen LogP contribution in [0.25, 0.3) is 0 Å². The molecule has 0 aromatic rings. The first-order chi connectivity index (χ1) is 5.00. The van der Waals surface area contributed by atoms with Crippen LogP contribution in [-0.2, 0) is 0 Å². The summed E-state index contributed by atoms with van der Waals surface area (Å²) in [6.45, 7) is 0. The fourth-order valence-corrected chi connectivity index (χ4v) is 1.07. The predicted molar refractivity (Wildman–Crippen MR) is 45.7 cm³/mol. The Morgan fingerprint density at radius 2 is 1.50 bits per heavy atom. The highest BCUT2D eigenvalue weighted by molar-refractivity contribution is 4.97. The highest BCUT2D eigenvalue weighted by Gasteiger charge is 1.86. The molecule has 0 unspecified atom stereocenters. The molecule has 1 rings (SSSR count). The summed E-state index contributed by atoms with van der Waals surface area (Å²) in [5.74, 6) is 0. The van der Waals surface area contributed by atoms with Gasteiger partial charge in [0.25, 0.3) is 0 Å². The fraction of sp³-hybridized carbons (Fsp3) is 0.500. The van der Waals surface area contributed by atoms with E-state index < -0.39 is 0 Å². The molecule has 0 heteroatoms. The van der Waals surface area contributed by atoms with E-state index in [-0.39, 0.29) is 0 Å². The van der Waals surface area contributed by atoms with Gasteiger partial charge in [-0.15, -0.1) is 0 Å². The Kier molecular flexibility index (Phi) is 4.00. The smallest absolute Gasteiger partial charge is 0.0170 e. The molecule has 10 heavy (non-hydrogen) atoms. The largest absolute Gasteiger partial charge is 0.0885 e. The third-order valence-electron chi connectivity index (χ3n) is 1.68. The quantitative estimate of drug-likeness (QED) is 0.447. The van der Waals surface area contributed by atoms with E-state index in [4.69, 9.17) is 0 Å². The van der Waals surface area contributed by atoms with E-state index in [1.165, 1.54) is 32.1 Å². The number of rotatable bonds is 0. The Morgan fingerprint density at radius 3 is 2.50 bits per heavy atom. The molecule has 0 atom stereocenters. The van der Waals surface area contributed by atoms with Crippen molar-refractivity contribution in [2.24, 2.45) is 0 Å². The Morgan fingerprint density at radius 1 is 0.700 bits per heavy atom. The Labute approximate surface area is 63.6 Å². The monoisotopic (exact) mass is 135 g/mol. The van der Waals surface area contributed by atoms with Crippen molar-refractivity contribution in [3.05, 3.63) is 30.7 Å². The minimum Gasteiger partial charge on any atom is -0.0885 e. The number of hydrogen-bond donors (Lipinski definition) is 0. The molecule has 0 N–H and O–H groups in total. The van der Waals surface area contributed by atoms with Crippen molar-refractivity contribution in [1.82, 2.24) is 0 Å². The van der Waals surface area contributed by atoms with E-state index in [0.717, 1.165) is 0 Å². The zero-order valence-electron chi connectivity index (χ0n) is 6.42. The third kappa shape index (κ3) is 3.49. The lowest BCUT2D eigenvalue weighted by Crippen LogP contribution is -1.76. The molecule has 0 spiro atoms. The second-order valence-electron chi connectivity index (χ2n) is 2.64. The van der Waals surface area contributed by atoms with Crippen LogP contribution in [0.2, 0.25) is 0 Å². The van der Waals surface area contributed by atoms with Crippen LogP contribution in [-0.4, -0.2) is 0 Å². The molecule has 0 bridgehead atoms. The first-order valence-corrected chi connectivity index (χ1v) is 4.13. The summed E-state index contributed by atoms with van der Waals surface area (Å²) in [5.41, 5.74) is 0. The highest BCUT2D eigenvalue weighted by atomic mass is 13.9. The van der Waals surface area contributed by atoms with Gasteiger partial charge in [-0.05, 0) is 38.5 Å². The fourth-order valence-electron chi connectivity index (χ4n) is 1.07. The summed E-state index contributed by atoms with van der Waals surface area (Å²) in [6.07, 6.45) is 17.5. The van der Waals surface area contributed by atoms with Gasteiger partial charge in [0.2, 0.25) is 0 Å². The normalized spacial score (nSPS) is 20.8. The molecule has 1 aliphatic rings. The van der Waals surface area contributed by atoms with Crippen molar-refractivity contribution >= 4 is 0 Å². The Hall–Kier alpha value is -0.520. The van der Waals surface area contributed by atoms with Crippen molar-refractivity contribution in [3.8, 4) is 0 Å². The Bertz CT molecular complexity index is 104.